The molecule has 0 saturated heterocycles. The number of ether oxygens (including phenoxy) is 1. The minimum atomic E-state index is 0.657. The molecule has 3 aromatic carbocycles. The Bertz CT molecular complexity index is 1050. The van der Waals surface area contributed by atoms with E-state index in [2.05, 4.69) is 33.4 Å². The third-order valence-corrected chi connectivity index (χ3v) is 5.04. The summed E-state index contributed by atoms with van der Waals surface area (Å²) >= 11 is 5.76. The number of hydrogen-bond acceptors (Lipinski definition) is 3. The first-order valence-electron chi connectivity index (χ1n) is 10.1. The highest BCUT2D eigenvalue weighted by Gasteiger charge is 2.12. The zero-order chi connectivity index (χ0) is 21.3. The van der Waals surface area contributed by atoms with Crippen LogP contribution in [0.1, 0.15) is 11.1 Å². The van der Waals surface area contributed by atoms with E-state index in [-0.39, 0.29) is 0 Å². The van der Waals surface area contributed by atoms with Crippen LogP contribution >= 0.6 is 12.2 Å². The highest BCUT2D eigenvalue weighted by molar-refractivity contribution is 7.80. The SMILES string of the molecule is S=C(Nc1ccc(Oc2ccccc2)cc1)N(Cc1ccccc1)Cc1cccnc1. The van der Waals surface area contributed by atoms with Crippen LogP contribution in [0.4, 0.5) is 5.69 Å². The minimum Gasteiger partial charge on any atom is -0.457 e. The van der Waals surface area contributed by atoms with E-state index < -0.39 is 0 Å². The first-order valence-corrected chi connectivity index (χ1v) is 10.5. The molecule has 1 aromatic heterocycles. The van der Waals surface area contributed by atoms with Gasteiger partial charge in [0.1, 0.15) is 11.5 Å². The number of nitrogens with one attached hydrogen (secondary N) is 1. The van der Waals surface area contributed by atoms with Gasteiger partial charge in [0.2, 0.25) is 0 Å². The van der Waals surface area contributed by atoms with E-state index in [9.17, 15) is 0 Å². The molecule has 5 heteroatoms. The van der Waals surface area contributed by atoms with Crippen LogP contribution in [-0.4, -0.2) is 15.0 Å². The summed E-state index contributed by atoms with van der Waals surface area (Å²) in [5.41, 5.74) is 3.21. The van der Waals surface area contributed by atoms with E-state index in [0.717, 1.165) is 22.7 Å². The summed E-state index contributed by atoms with van der Waals surface area (Å²) in [5.74, 6) is 1.59. The van der Waals surface area contributed by atoms with Crippen molar-refractivity contribution in [2.75, 3.05) is 5.32 Å². The van der Waals surface area contributed by atoms with Crippen molar-refractivity contribution in [3.05, 3.63) is 121 Å². The molecule has 4 rings (SSSR count). The Labute approximate surface area is 188 Å². The molecule has 4 aromatic rings. The molecule has 0 aliphatic heterocycles. The van der Waals surface area contributed by atoms with E-state index in [1.54, 1.807) is 6.20 Å². The maximum Gasteiger partial charge on any atom is 0.174 e. The summed E-state index contributed by atoms with van der Waals surface area (Å²) in [7, 11) is 0. The van der Waals surface area contributed by atoms with Crippen molar-refractivity contribution >= 4 is 23.0 Å². The van der Waals surface area contributed by atoms with Crippen LogP contribution in [0.2, 0.25) is 0 Å². The summed E-state index contributed by atoms with van der Waals surface area (Å²) in [6.07, 6.45) is 3.65. The highest BCUT2D eigenvalue weighted by atomic mass is 32.1. The van der Waals surface area contributed by atoms with Crippen LogP contribution < -0.4 is 10.1 Å². The molecule has 1 heterocycles. The van der Waals surface area contributed by atoms with Gasteiger partial charge in [-0.3, -0.25) is 4.98 Å². The summed E-state index contributed by atoms with van der Waals surface area (Å²) in [5, 5.41) is 4.01. The molecular weight excluding hydrogens is 402 g/mol. The molecule has 0 aliphatic carbocycles. The zero-order valence-corrected chi connectivity index (χ0v) is 17.8. The second kappa shape index (κ2) is 10.4. The van der Waals surface area contributed by atoms with E-state index in [0.29, 0.717) is 18.2 Å². The van der Waals surface area contributed by atoms with E-state index in [1.165, 1.54) is 5.56 Å². The van der Waals surface area contributed by atoms with Crippen molar-refractivity contribution in [1.82, 2.24) is 9.88 Å². The number of anilines is 1. The fraction of sp³-hybridized carbons (Fsp3) is 0.0769. The quantitative estimate of drug-likeness (QED) is 0.353. The lowest BCUT2D eigenvalue weighted by Gasteiger charge is -2.26. The fourth-order valence-corrected chi connectivity index (χ4v) is 3.40. The van der Waals surface area contributed by atoms with E-state index in [1.807, 2.05) is 85.1 Å². The lowest BCUT2D eigenvalue weighted by atomic mass is 10.2. The predicted octanol–water partition coefficient (Wildman–Crippen LogP) is 6.27. The van der Waals surface area contributed by atoms with Gasteiger partial charge in [-0.2, -0.15) is 0 Å². The van der Waals surface area contributed by atoms with Crippen LogP contribution in [0, 0.1) is 0 Å². The molecule has 154 valence electrons. The molecule has 0 atom stereocenters. The largest absolute Gasteiger partial charge is 0.457 e. The van der Waals surface area contributed by atoms with Crippen molar-refractivity contribution in [2.24, 2.45) is 0 Å². The van der Waals surface area contributed by atoms with Gasteiger partial charge in [0.15, 0.2) is 5.11 Å². The highest BCUT2D eigenvalue weighted by Crippen LogP contribution is 2.23. The van der Waals surface area contributed by atoms with Gasteiger partial charge in [0, 0.05) is 31.2 Å². The second-order valence-electron chi connectivity index (χ2n) is 7.07. The summed E-state index contributed by atoms with van der Waals surface area (Å²) < 4.78 is 5.87. The monoisotopic (exact) mass is 425 g/mol. The summed E-state index contributed by atoms with van der Waals surface area (Å²) in [6, 6.07) is 31.8. The Morgan fingerprint density at radius 2 is 1.35 bits per heavy atom. The van der Waals surface area contributed by atoms with E-state index in [4.69, 9.17) is 17.0 Å². The van der Waals surface area contributed by atoms with Crippen LogP contribution in [0.25, 0.3) is 0 Å². The van der Waals surface area contributed by atoms with Crippen molar-refractivity contribution in [2.45, 2.75) is 13.1 Å². The molecule has 4 nitrogen and oxygen atoms in total. The van der Waals surface area contributed by atoms with Crippen molar-refractivity contribution in [3.8, 4) is 11.5 Å². The van der Waals surface area contributed by atoms with Crippen LogP contribution in [0.3, 0.4) is 0 Å². The van der Waals surface area contributed by atoms with Crippen LogP contribution in [0.15, 0.2) is 109 Å². The Morgan fingerprint density at radius 3 is 2.03 bits per heavy atom. The molecule has 1 N–H and O–H groups in total. The molecule has 0 bridgehead atoms. The Hall–Kier alpha value is -3.70. The zero-order valence-electron chi connectivity index (χ0n) is 17.0. The minimum absolute atomic E-state index is 0.657. The Balaban J connectivity index is 1.44. The third kappa shape index (κ3) is 6.14. The van der Waals surface area contributed by atoms with Gasteiger partial charge in [0.05, 0.1) is 0 Å². The molecule has 0 spiro atoms. The molecule has 31 heavy (non-hydrogen) atoms. The predicted molar refractivity (Wildman–Crippen MR) is 129 cm³/mol. The van der Waals surface area contributed by atoms with Gasteiger partial charge >= 0.3 is 0 Å². The van der Waals surface area contributed by atoms with Gasteiger partial charge < -0.3 is 15.0 Å². The number of nitrogens with zero attached hydrogens (tertiary/aromatic N) is 2. The number of thiocarbonyl (C=S) groups is 1. The number of hydrogen-bond donors (Lipinski definition) is 1. The molecular formula is C26H23N3OS. The second-order valence-corrected chi connectivity index (χ2v) is 7.46. The maximum atomic E-state index is 5.87. The standard InChI is InChI=1S/C26H23N3OS/c31-26(28-23-13-15-25(16-14-23)30-24-11-5-2-6-12-24)29(19-21-8-3-1-4-9-21)20-22-10-7-17-27-18-22/h1-18H,19-20H2,(H,28,31). The smallest absolute Gasteiger partial charge is 0.174 e. The van der Waals surface area contributed by atoms with Crippen LogP contribution in [0.5, 0.6) is 11.5 Å². The number of benzene rings is 3. The van der Waals surface area contributed by atoms with Gasteiger partial charge in [-0.05, 0) is 65.8 Å². The van der Waals surface area contributed by atoms with Crippen molar-refractivity contribution < 1.29 is 4.74 Å². The third-order valence-electron chi connectivity index (χ3n) is 4.68. The lowest BCUT2D eigenvalue weighted by molar-refractivity contribution is 0.412. The average Bonchev–Trinajstić information content (AvgIpc) is 2.82. The molecule has 0 amide bonds. The van der Waals surface area contributed by atoms with Crippen LogP contribution in [-0.2, 0) is 13.1 Å². The number of aromatic nitrogens is 1. The molecule has 0 saturated carbocycles. The number of rotatable bonds is 7. The van der Waals surface area contributed by atoms with E-state index >= 15 is 0 Å². The van der Waals surface area contributed by atoms with Crippen molar-refractivity contribution in [3.63, 3.8) is 0 Å². The van der Waals surface area contributed by atoms with Gasteiger partial charge in [-0.25, -0.2) is 0 Å². The van der Waals surface area contributed by atoms with Gasteiger partial charge in [-0.15, -0.1) is 0 Å². The maximum absolute atomic E-state index is 5.87. The van der Waals surface area contributed by atoms with Gasteiger partial charge in [-0.1, -0.05) is 54.6 Å². The topological polar surface area (TPSA) is 37.4 Å². The lowest BCUT2D eigenvalue weighted by Crippen LogP contribution is -2.33. The average molecular weight is 426 g/mol. The Kier molecular flexibility index (Phi) is 6.88. The first-order chi connectivity index (χ1) is 15.3. The molecule has 0 aliphatic rings. The molecule has 0 radical (unpaired) electrons. The first kappa shape index (κ1) is 20.6. The summed E-state index contributed by atoms with van der Waals surface area (Å²) in [6.45, 7) is 1.38. The molecule has 0 fully saturated rings. The fourth-order valence-electron chi connectivity index (χ4n) is 3.15. The molecule has 0 unspecified atom stereocenters. The van der Waals surface area contributed by atoms with Gasteiger partial charge in [0.25, 0.3) is 0 Å². The normalized spacial score (nSPS) is 10.3. The van der Waals surface area contributed by atoms with Crippen molar-refractivity contribution in [1.29, 1.82) is 0 Å². The summed E-state index contributed by atoms with van der Waals surface area (Å²) in [4.78, 5) is 6.36. The number of pyridine rings is 1. The Morgan fingerprint density at radius 1 is 0.742 bits per heavy atom. The number of para-hydroxylation sites is 1.